The Hall–Kier alpha value is -3.16. The zero-order chi connectivity index (χ0) is 20.5. The second kappa shape index (κ2) is 7.93. The molecule has 0 saturated carbocycles. The van der Waals surface area contributed by atoms with Crippen LogP contribution in [-0.4, -0.2) is 61.9 Å². The first kappa shape index (κ1) is 18.8. The third-order valence-corrected chi connectivity index (χ3v) is 5.57. The number of β-amino-alcohol motifs (C(OH)–C–C–N with tert-alkyl or cyclic N) is 1. The number of rotatable bonds is 7. The minimum atomic E-state index is -0.548. The monoisotopic (exact) mass is 403 g/mol. The van der Waals surface area contributed by atoms with Gasteiger partial charge in [-0.25, -0.2) is 0 Å². The molecule has 0 spiro atoms. The van der Waals surface area contributed by atoms with Gasteiger partial charge in [0.1, 0.15) is 18.5 Å². The van der Waals surface area contributed by atoms with E-state index in [4.69, 9.17) is 4.74 Å². The number of ether oxygens (including phenoxy) is 1. The van der Waals surface area contributed by atoms with Crippen LogP contribution < -0.4 is 4.74 Å². The number of fused-ring (bicyclic) bond motifs is 1. The minimum absolute atomic E-state index is 0.253. The largest absolute Gasteiger partial charge is 0.491 e. The molecule has 1 N–H and O–H groups in total. The Morgan fingerprint density at radius 1 is 1.13 bits per heavy atom. The summed E-state index contributed by atoms with van der Waals surface area (Å²) in [6.07, 6.45) is 5.17. The average Bonchev–Trinajstić information content (AvgIpc) is 3.40. The highest BCUT2D eigenvalue weighted by molar-refractivity contribution is 5.97. The van der Waals surface area contributed by atoms with Gasteiger partial charge in [-0.1, -0.05) is 24.3 Å². The Morgan fingerprint density at radius 2 is 2.00 bits per heavy atom. The topological polar surface area (TPSA) is 68.3 Å². The van der Waals surface area contributed by atoms with Gasteiger partial charge in [-0.2, -0.15) is 10.2 Å². The maximum atomic E-state index is 10.5. The van der Waals surface area contributed by atoms with E-state index >= 15 is 0 Å². The molecule has 0 radical (unpaired) electrons. The maximum absolute atomic E-state index is 10.5. The van der Waals surface area contributed by atoms with Crippen molar-refractivity contribution in [3.05, 3.63) is 67.1 Å². The van der Waals surface area contributed by atoms with Crippen molar-refractivity contribution in [2.75, 3.05) is 26.2 Å². The number of aliphatic hydroxyl groups excluding tert-OH is 1. The van der Waals surface area contributed by atoms with Gasteiger partial charge in [-0.05, 0) is 35.0 Å². The predicted octanol–water partition coefficient (Wildman–Crippen LogP) is 2.73. The van der Waals surface area contributed by atoms with Crippen LogP contribution in [-0.2, 0) is 7.05 Å². The molecule has 1 unspecified atom stereocenters. The summed E-state index contributed by atoms with van der Waals surface area (Å²) >= 11 is 0. The molecule has 2 aromatic carbocycles. The van der Waals surface area contributed by atoms with Gasteiger partial charge in [0.05, 0.1) is 11.7 Å². The van der Waals surface area contributed by atoms with E-state index in [2.05, 4.69) is 27.2 Å². The van der Waals surface area contributed by atoms with Gasteiger partial charge in [0.2, 0.25) is 0 Å². The number of aryl methyl sites for hydroxylation is 1. The fraction of sp³-hybridized carbons (Fsp3) is 0.304. The lowest BCUT2D eigenvalue weighted by Crippen LogP contribution is -2.51. The molecule has 1 saturated heterocycles. The van der Waals surface area contributed by atoms with E-state index in [0.29, 0.717) is 12.6 Å². The number of likely N-dealkylation sites (tertiary alicyclic amines) is 1. The predicted molar refractivity (Wildman–Crippen MR) is 115 cm³/mol. The average molecular weight is 403 g/mol. The molecule has 1 atom stereocenters. The van der Waals surface area contributed by atoms with E-state index in [1.165, 1.54) is 0 Å². The van der Waals surface area contributed by atoms with Crippen LogP contribution >= 0.6 is 0 Å². The lowest BCUT2D eigenvalue weighted by Gasteiger charge is -2.40. The standard InChI is InChI=1S/C23H25N5O2/c1-26-10-7-23(25-26)22-12-20(11-17-5-2-3-6-21(17)22)30-16-19(29)15-27-13-18(14-27)28-9-4-8-24-28/h2-12,18-19,29H,13-16H2,1H3. The molecule has 1 aliphatic heterocycles. The van der Waals surface area contributed by atoms with Crippen molar-refractivity contribution in [1.29, 1.82) is 0 Å². The number of aliphatic hydroxyl groups is 1. The van der Waals surface area contributed by atoms with Crippen LogP contribution in [0.4, 0.5) is 0 Å². The second-order valence-electron chi connectivity index (χ2n) is 7.89. The van der Waals surface area contributed by atoms with Gasteiger partial charge >= 0.3 is 0 Å². The fourth-order valence-corrected chi connectivity index (χ4v) is 4.04. The van der Waals surface area contributed by atoms with Crippen molar-refractivity contribution in [2.45, 2.75) is 12.1 Å². The highest BCUT2D eigenvalue weighted by Gasteiger charge is 2.29. The fourth-order valence-electron chi connectivity index (χ4n) is 4.04. The molecule has 154 valence electrons. The molecule has 0 bridgehead atoms. The SMILES string of the molecule is Cn1ccc(-c2cc(OCC(O)CN3CC(n4cccn4)C3)cc3ccccc23)n1. The number of benzene rings is 2. The zero-order valence-electron chi connectivity index (χ0n) is 16.9. The van der Waals surface area contributed by atoms with E-state index in [1.807, 2.05) is 60.5 Å². The van der Waals surface area contributed by atoms with E-state index in [1.54, 1.807) is 10.9 Å². The molecule has 1 aliphatic rings. The third kappa shape index (κ3) is 3.81. The van der Waals surface area contributed by atoms with E-state index in [-0.39, 0.29) is 6.61 Å². The number of nitrogens with zero attached hydrogens (tertiary/aromatic N) is 5. The quantitative estimate of drug-likeness (QED) is 0.514. The molecule has 4 aromatic rings. The summed E-state index contributed by atoms with van der Waals surface area (Å²) in [6, 6.07) is 16.6. The van der Waals surface area contributed by atoms with Crippen molar-refractivity contribution < 1.29 is 9.84 Å². The summed E-state index contributed by atoms with van der Waals surface area (Å²) in [5.74, 6) is 0.742. The molecule has 1 fully saturated rings. The van der Waals surface area contributed by atoms with Crippen molar-refractivity contribution in [3.8, 4) is 17.0 Å². The summed E-state index contributed by atoms with van der Waals surface area (Å²) in [5.41, 5.74) is 1.94. The Bertz CT molecular complexity index is 1130. The highest BCUT2D eigenvalue weighted by Crippen LogP contribution is 2.32. The van der Waals surface area contributed by atoms with Crippen LogP contribution in [0.3, 0.4) is 0 Å². The Balaban J connectivity index is 1.24. The third-order valence-electron chi connectivity index (χ3n) is 5.57. The van der Waals surface area contributed by atoms with Crippen molar-refractivity contribution in [3.63, 3.8) is 0 Å². The summed E-state index contributed by atoms with van der Waals surface area (Å²) < 4.78 is 9.76. The van der Waals surface area contributed by atoms with Gasteiger partial charge in [-0.15, -0.1) is 0 Å². The first-order chi connectivity index (χ1) is 14.7. The van der Waals surface area contributed by atoms with Gasteiger partial charge in [0.25, 0.3) is 0 Å². The summed E-state index contributed by atoms with van der Waals surface area (Å²) in [6.45, 7) is 2.65. The van der Waals surface area contributed by atoms with Crippen LogP contribution in [0.5, 0.6) is 5.75 Å². The maximum Gasteiger partial charge on any atom is 0.120 e. The zero-order valence-corrected chi connectivity index (χ0v) is 16.9. The highest BCUT2D eigenvalue weighted by atomic mass is 16.5. The van der Waals surface area contributed by atoms with E-state index < -0.39 is 6.10 Å². The van der Waals surface area contributed by atoms with E-state index in [9.17, 15) is 5.11 Å². The normalized spacial score (nSPS) is 15.9. The smallest absolute Gasteiger partial charge is 0.120 e. The Labute approximate surface area is 175 Å². The van der Waals surface area contributed by atoms with Crippen molar-refractivity contribution in [2.24, 2.45) is 7.05 Å². The number of aromatic nitrogens is 4. The van der Waals surface area contributed by atoms with Crippen molar-refractivity contribution >= 4 is 10.8 Å². The molecule has 0 amide bonds. The molecule has 5 rings (SSSR count). The molecule has 7 heteroatoms. The first-order valence-electron chi connectivity index (χ1n) is 10.2. The molecule has 30 heavy (non-hydrogen) atoms. The van der Waals surface area contributed by atoms with Gasteiger partial charge in [0, 0.05) is 50.8 Å². The van der Waals surface area contributed by atoms with Gasteiger partial charge in [0.15, 0.2) is 0 Å². The summed E-state index contributed by atoms with van der Waals surface area (Å²) in [5, 5.41) is 21.5. The van der Waals surface area contributed by atoms with Crippen LogP contribution in [0.25, 0.3) is 22.0 Å². The minimum Gasteiger partial charge on any atom is -0.491 e. The number of hydrogen-bond donors (Lipinski definition) is 1. The summed E-state index contributed by atoms with van der Waals surface area (Å²) in [7, 11) is 1.91. The molecular weight excluding hydrogens is 378 g/mol. The van der Waals surface area contributed by atoms with Gasteiger partial charge in [-0.3, -0.25) is 14.3 Å². The summed E-state index contributed by atoms with van der Waals surface area (Å²) in [4.78, 5) is 2.22. The van der Waals surface area contributed by atoms with Crippen LogP contribution in [0.2, 0.25) is 0 Å². The second-order valence-corrected chi connectivity index (χ2v) is 7.89. The van der Waals surface area contributed by atoms with Crippen LogP contribution in [0, 0.1) is 0 Å². The van der Waals surface area contributed by atoms with Gasteiger partial charge < -0.3 is 9.84 Å². The lowest BCUT2D eigenvalue weighted by molar-refractivity contribution is 0.0205. The van der Waals surface area contributed by atoms with Crippen molar-refractivity contribution in [1.82, 2.24) is 24.5 Å². The van der Waals surface area contributed by atoms with Crippen LogP contribution in [0.1, 0.15) is 6.04 Å². The molecule has 7 nitrogen and oxygen atoms in total. The molecule has 3 heterocycles. The lowest BCUT2D eigenvalue weighted by atomic mass is 10.0. The Kier molecular flexibility index (Phi) is 4.98. The molecular formula is C23H25N5O2. The molecule has 0 aliphatic carbocycles. The van der Waals surface area contributed by atoms with E-state index in [0.717, 1.165) is 40.9 Å². The number of hydrogen-bond acceptors (Lipinski definition) is 5. The van der Waals surface area contributed by atoms with Crippen LogP contribution in [0.15, 0.2) is 67.1 Å². The molecule has 2 aromatic heterocycles. The Morgan fingerprint density at radius 3 is 2.77 bits per heavy atom. The first-order valence-corrected chi connectivity index (χ1v) is 10.2.